The zero-order chi connectivity index (χ0) is 25.9. The fraction of sp³-hybridized carbons (Fsp3) is 0.577. The summed E-state index contributed by atoms with van der Waals surface area (Å²) in [6, 6.07) is 4.47. The Kier molecular flexibility index (Phi) is 8.04. The molecule has 1 aliphatic heterocycles. The zero-order valence-electron chi connectivity index (χ0n) is 21.0. The minimum Gasteiger partial charge on any atom is -0.382 e. The molecule has 1 aromatic heterocycles. The van der Waals surface area contributed by atoms with Crippen LogP contribution in [-0.4, -0.2) is 66.3 Å². The van der Waals surface area contributed by atoms with E-state index in [2.05, 4.69) is 20.7 Å². The van der Waals surface area contributed by atoms with E-state index >= 15 is 0 Å². The largest absolute Gasteiger partial charge is 0.382 e. The summed E-state index contributed by atoms with van der Waals surface area (Å²) in [4.78, 5) is 28.8. The molecule has 2 amide bonds. The Hall–Kier alpha value is -2.85. The minimum absolute atomic E-state index is 0.0294. The molecule has 2 atom stereocenters. The number of benzene rings is 1. The first-order valence-electron chi connectivity index (χ1n) is 12.4. The highest BCUT2D eigenvalue weighted by Crippen LogP contribution is 2.29. The summed E-state index contributed by atoms with van der Waals surface area (Å²) in [5.74, 6) is -2.76. The average Bonchev–Trinajstić information content (AvgIpc) is 3.52. The first-order chi connectivity index (χ1) is 17.2. The van der Waals surface area contributed by atoms with E-state index in [0.29, 0.717) is 25.6 Å². The second-order valence-corrected chi connectivity index (χ2v) is 10.4. The van der Waals surface area contributed by atoms with Crippen LogP contribution in [0.2, 0.25) is 0 Å². The summed E-state index contributed by atoms with van der Waals surface area (Å²) in [6.07, 6.45) is 5.25. The number of nitrogens with zero attached hydrogens (tertiary/aromatic N) is 2. The van der Waals surface area contributed by atoms with Gasteiger partial charge in [0.25, 0.3) is 5.91 Å². The van der Waals surface area contributed by atoms with Gasteiger partial charge in [0, 0.05) is 50.0 Å². The standard InChI is InChI=1S/C26H34F2N4O4/c1-26(2,15-35-3)30-24(33)19-14-32(17-6-4-5-7-17)11-10-21(19)29-25(34)23-13-22(31-36-23)18-9-8-16(27)12-20(18)28/h8-9,12-13,17,19,21H,4-7,10-11,14-15H2,1-3H3,(H,29,34)(H,30,33)/t19-,21-/m1/s1. The van der Waals surface area contributed by atoms with Gasteiger partial charge in [0.2, 0.25) is 11.7 Å². The maximum Gasteiger partial charge on any atom is 0.290 e. The van der Waals surface area contributed by atoms with Crippen LogP contribution in [0.1, 0.15) is 56.5 Å². The molecule has 36 heavy (non-hydrogen) atoms. The van der Waals surface area contributed by atoms with E-state index in [1.54, 1.807) is 7.11 Å². The van der Waals surface area contributed by atoms with Crippen molar-refractivity contribution in [2.75, 3.05) is 26.8 Å². The van der Waals surface area contributed by atoms with Gasteiger partial charge < -0.3 is 19.9 Å². The number of rotatable bonds is 8. The van der Waals surface area contributed by atoms with Gasteiger partial charge in [-0.15, -0.1) is 0 Å². The third kappa shape index (κ3) is 6.10. The van der Waals surface area contributed by atoms with Crippen LogP contribution in [0, 0.1) is 17.6 Å². The molecule has 1 aromatic carbocycles. The SMILES string of the molecule is COCC(C)(C)NC(=O)[C@@H]1CN(C2CCCC2)CC[C@H]1NC(=O)c1cc(-c2ccc(F)cc2F)no1. The van der Waals surface area contributed by atoms with E-state index in [4.69, 9.17) is 9.26 Å². The van der Waals surface area contributed by atoms with Crippen molar-refractivity contribution in [1.29, 1.82) is 0 Å². The maximum absolute atomic E-state index is 14.1. The molecule has 2 heterocycles. The van der Waals surface area contributed by atoms with Gasteiger partial charge in [-0.2, -0.15) is 0 Å². The van der Waals surface area contributed by atoms with Gasteiger partial charge in [-0.05, 0) is 45.2 Å². The number of hydrogen-bond acceptors (Lipinski definition) is 6. The Bertz CT molecular complexity index is 1080. The molecule has 2 fully saturated rings. The molecular weight excluding hydrogens is 470 g/mol. The molecule has 1 saturated heterocycles. The lowest BCUT2D eigenvalue weighted by Gasteiger charge is -2.41. The van der Waals surface area contributed by atoms with Crippen LogP contribution >= 0.6 is 0 Å². The van der Waals surface area contributed by atoms with Crippen molar-refractivity contribution < 1.29 is 27.6 Å². The minimum atomic E-state index is -0.801. The van der Waals surface area contributed by atoms with Crippen LogP contribution < -0.4 is 10.6 Å². The molecule has 2 N–H and O–H groups in total. The molecule has 8 nitrogen and oxygen atoms in total. The van der Waals surface area contributed by atoms with Crippen molar-refractivity contribution in [3.8, 4) is 11.3 Å². The number of carbonyl (C=O) groups is 2. The number of aromatic nitrogens is 1. The number of methoxy groups -OCH3 is 1. The summed E-state index contributed by atoms with van der Waals surface area (Å²) in [6.45, 7) is 5.47. The van der Waals surface area contributed by atoms with Crippen LogP contribution in [-0.2, 0) is 9.53 Å². The molecule has 1 aliphatic carbocycles. The predicted octanol–water partition coefficient (Wildman–Crippen LogP) is 3.52. The Morgan fingerprint density at radius 1 is 1.19 bits per heavy atom. The molecule has 2 aliphatic rings. The van der Waals surface area contributed by atoms with Crippen LogP contribution in [0.5, 0.6) is 0 Å². The normalized spacial score (nSPS) is 21.5. The number of ether oxygens (including phenoxy) is 1. The molecule has 1 saturated carbocycles. The van der Waals surface area contributed by atoms with E-state index < -0.39 is 35.0 Å². The number of carbonyl (C=O) groups excluding carboxylic acids is 2. The molecule has 196 valence electrons. The van der Waals surface area contributed by atoms with E-state index in [1.807, 2.05) is 13.8 Å². The van der Waals surface area contributed by atoms with Gasteiger partial charge in [0.1, 0.15) is 17.3 Å². The van der Waals surface area contributed by atoms with Crippen molar-refractivity contribution in [3.05, 3.63) is 41.7 Å². The number of piperidine rings is 1. The number of hydrogen-bond donors (Lipinski definition) is 2. The van der Waals surface area contributed by atoms with Crippen LogP contribution in [0.4, 0.5) is 8.78 Å². The van der Waals surface area contributed by atoms with Gasteiger partial charge in [0.05, 0.1) is 18.1 Å². The van der Waals surface area contributed by atoms with Gasteiger partial charge in [-0.1, -0.05) is 18.0 Å². The van der Waals surface area contributed by atoms with E-state index in [9.17, 15) is 18.4 Å². The predicted molar refractivity (Wildman–Crippen MR) is 129 cm³/mol. The number of amides is 2. The summed E-state index contributed by atoms with van der Waals surface area (Å²) in [7, 11) is 1.59. The lowest BCUT2D eigenvalue weighted by Crippen LogP contribution is -2.60. The Balaban J connectivity index is 1.48. The molecule has 0 radical (unpaired) electrons. The fourth-order valence-corrected chi connectivity index (χ4v) is 5.29. The molecule has 0 unspecified atom stereocenters. The molecular formula is C26H34F2N4O4. The van der Waals surface area contributed by atoms with Crippen LogP contribution in [0.3, 0.4) is 0 Å². The van der Waals surface area contributed by atoms with Gasteiger partial charge in [-0.3, -0.25) is 14.5 Å². The quantitative estimate of drug-likeness (QED) is 0.571. The monoisotopic (exact) mass is 504 g/mol. The van der Waals surface area contributed by atoms with Gasteiger partial charge >= 0.3 is 0 Å². The van der Waals surface area contributed by atoms with Crippen molar-refractivity contribution in [2.24, 2.45) is 5.92 Å². The van der Waals surface area contributed by atoms with Gasteiger partial charge in [-0.25, -0.2) is 8.78 Å². The van der Waals surface area contributed by atoms with Gasteiger partial charge in [0.15, 0.2) is 0 Å². The average molecular weight is 505 g/mol. The number of halogens is 2. The number of nitrogens with one attached hydrogen (secondary N) is 2. The summed E-state index contributed by atoms with van der Waals surface area (Å²) >= 11 is 0. The highest BCUT2D eigenvalue weighted by atomic mass is 19.1. The molecule has 4 rings (SSSR count). The third-order valence-electron chi connectivity index (χ3n) is 7.05. The summed E-state index contributed by atoms with van der Waals surface area (Å²) in [5, 5.41) is 9.78. The molecule has 2 aromatic rings. The first kappa shape index (κ1) is 26.2. The molecule has 0 spiro atoms. The summed E-state index contributed by atoms with van der Waals surface area (Å²) < 4.78 is 37.8. The smallest absolute Gasteiger partial charge is 0.290 e. The number of likely N-dealkylation sites (tertiary alicyclic amines) is 1. The molecule has 0 bridgehead atoms. The van der Waals surface area contributed by atoms with Crippen molar-refractivity contribution >= 4 is 11.8 Å². The second kappa shape index (κ2) is 11.0. The highest BCUT2D eigenvalue weighted by Gasteiger charge is 2.40. The zero-order valence-corrected chi connectivity index (χ0v) is 21.0. The third-order valence-corrected chi connectivity index (χ3v) is 7.05. The van der Waals surface area contributed by atoms with Crippen molar-refractivity contribution in [3.63, 3.8) is 0 Å². The first-order valence-corrected chi connectivity index (χ1v) is 12.4. The second-order valence-electron chi connectivity index (χ2n) is 10.4. The van der Waals surface area contributed by atoms with Crippen molar-refractivity contribution in [1.82, 2.24) is 20.7 Å². The Labute approximate surface area is 209 Å². The van der Waals surface area contributed by atoms with E-state index in [0.717, 1.165) is 31.5 Å². The lowest BCUT2D eigenvalue weighted by atomic mass is 9.89. The van der Waals surface area contributed by atoms with Crippen LogP contribution in [0.15, 0.2) is 28.8 Å². The topological polar surface area (TPSA) is 96.7 Å². The Morgan fingerprint density at radius 2 is 1.94 bits per heavy atom. The summed E-state index contributed by atoms with van der Waals surface area (Å²) in [5.41, 5.74) is -0.444. The maximum atomic E-state index is 14.1. The Morgan fingerprint density at radius 3 is 2.64 bits per heavy atom. The van der Waals surface area contributed by atoms with E-state index in [1.165, 1.54) is 25.0 Å². The van der Waals surface area contributed by atoms with Crippen LogP contribution in [0.25, 0.3) is 11.3 Å². The lowest BCUT2D eigenvalue weighted by molar-refractivity contribution is -0.130. The fourth-order valence-electron chi connectivity index (χ4n) is 5.29. The van der Waals surface area contributed by atoms with E-state index in [-0.39, 0.29) is 22.9 Å². The highest BCUT2D eigenvalue weighted by molar-refractivity contribution is 5.93. The van der Waals surface area contributed by atoms with Crippen molar-refractivity contribution in [2.45, 2.75) is 63.6 Å². The molecule has 10 heteroatoms.